The van der Waals surface area contributed by atoms with Gasteiger partial charge in [0.25, 0.3) is 0 Å². The quantitative estimate of drug-likeness (QED) is 0.787. The molecule has 2 aromatic carbocycles. The van der Waals surface area contributed by atoms with Crippen LogP contribution in [0.3, 0.4) is 0 Å². The molecule has 3 heteroatoms. The summed E-state index contributed by atoms with van der Waals surface area (Å²) in [7, 11) is 0. The van der Waals surface area contributed by atoms with Gasteiger partial charge >= 0.3 is 0 Å². The number of ether oxygens (including phenoxy) is 1. The Morgan fingerprint density at radius 1 is 1.14 bits per heavy atom. The van der Waals surface area contributed by atoms with Crippen molar-refractivity contribution in [2.45, 2.75) is 19.4 Å². The highest BCUT2D eigenvalue weighted by atomic mass is 16.5. The van der Waals surface area contributed by atoms with E-state index in [1.54, 1.807) is 0 Å². The lowest BCUT2D eigenvalue weighted by atomic mass is 10.1. The van der Waals surface area contributed by atoms with Crippen molar-refractivity contribution < 1.29 is 4.74 Å². The first-order valence-electron chi connectivity index (χ1n) is 7.21. The lowest BCUT2D eigenvalue weighted by Crippen LogP contribution is -2.21. The van der Waals surface area contributed by atoms with Crippen molar-refractivity contribution in [3.05, 3.63) is 65.7 Å². The van der Waals surface area contributed by atoms with Crippen molar-refractivity contribution in [1.29, 1.82) is 5.26 Å². The third-order valence-electron chi connectivity index (χ3n) is 3.30. The lowest BCUT2D eigenvalue weighted by Gasteiger charge is -2.14. The number of nitrogens with one attached hydrogen (secondary N) is 1. The SMILES string of the molecule is CC(NCCCOc1ccccc1)c1cccc(C#N)c1. The molecule has 0 spiro atoms. The summed E-state index contributed by atoms with van der Waals surface area (Å²) in [6.07, 6.45) is 0.942. The molecule has 3 nitrogen and oxygen atoms in total. The van der Waals surface area contributed by atoms with Crippen LogP contribution in [0, 0.1) is 11.3 Å². The van der Waals surface area contributed by atoms with E-state index in [0.717, 1.165) is 24.3 Å². The molecule has 0 radical (unpaired) electrons. The van der Waals surface area contributed by atoms with E-state index in [1.165, 1.54) is 0 Å². The van der Waals surface area contributed by atoms with Gasteiger partial charge in [0.05, 0.1) is 18.2 Å². The number of nitrogens with zero attached hydrogens (tertiary/aromatic N) is 1. The van der Waals surface area contributed by atoms with Gasteiger partial charge in [0.1, 0.15) is 5.75 Å². The van der Waals surface area contributed by atoms with E-state index in [2.05, 4.69) is 18.3 Å². The zero-order valence-electron chi connectivity index (χ0n) is 12.3. The lowest BCUT2D eigenvalue weighted by molar-refractivity contribution is 0.305. The summed E-state index contributed by atoms with van der Waals surface area (Å²) >= 11 is 0. The standard InChI is InChI=1S/C18H20N2O/c1-15(17-8-5-7-16(13-17)14-19)20-11-6-12-21-18-9-3-2-4-10-18/h2-5,7-10,13,15,20H,6,11-12H2,1H3. The van der Waals surface area contributed by atoms with Gasteiger partial charge in [-0.15, -0.1) is 0 Å². The van der Waals surface area contributed by atoms with Gasteiger partial charge in [0.2, 0.25) is 0 Å². The highest BCUT2D eigenvalue weighted by Crippen LogP contribution is 2.14. The van der Waals surface area contributed by atoms with E-state index >= 15 is 0 Å². The van der Waals surface area contributed by atoms with E-state index in [9.17, 15) is 0 Å². The fourth-order valence-corrected chi connectivity index (χ4v) is 2.09. The average Bonchev–Trinajstić information content (AvgIpc) is 2.55. The molecule has 0 fully saturated rings. The van der Waals surface area contributed by atoms with Crippen LogP contribution in [-0.4, -0.2) is 13.2 Å². The Hall–Kier alpha value is -2.31. The number of benzene rings is 2. The van der Waals surface area contributed by atoms with Gasteiger partial charge in [0.15, 0.2) is 0 Å². The van der Waals surface area contributed by atoms with E-state index in [-0.39, 0.29) is 6.04 Å². The predicted molar refractivity (Wildman–Crippen MR) is 84.1 cm³/mol. The molecule has 0 aromatic heterocycles. The van der Waals surface area contributed by atoms with E-state index in [0.29, 0.717) is 12.2 Å². The molecule has 0 saturated carbocycles. The predicted octanol–water partition coefficient (Wildman–Crippen LogP) is 3.68. The number of nitriles is 1. The van der Waals surface area contributed by atoms with Gasteiger partial charge in [-0.25, -0.2) is 0 Å². The molecule has 1 atom stereocenters. The number of hydrogen-bond acceptors (Lipinski definition) is 3. The fraction of sp³-hybridized carbons (Fsp3) is 0.278. The molecule has 0 aliphatic carbocycles. The zero-order valence-corrected chi connectivity index (χ0v) is 12.3. The van der Waals surface area contributed by atoms with Crippen LogP contribution in [0.1, 0.15) is 30.5 Å². The van der Waals surface area contributed by atoms with Crippen molar-refractivity contribution >= 4 is 0 Å². The van der Waals surface area contributed by atoms with Crippen molar-refractivity contribution in [2.24, 2.45) is 0 Å². The molecule has 0 heterocycles. The highest BCUT2D eigenvalue weighted by Gasteiger charge is 2.04. The molecule has 0 aliphatic rings. The molecule has 1 unspecified atom stereocenters. The third kappa shape index (κ3) is 4.94. The van der Waals surface area contributed by atoms with Crippen LogP contribution in [-0.2, 0) is 0 Å². The van der Waals surface area contributed by atoms with E-state index in [4.69, 9.17) is 10.00 Å². The van der Waals surface area contributed by atoms with Gasteiger partial charge in [0, 0.05) is 6.04 Å². The van der Waals surface area contributed by atoms with Crippen LogP contribution in [0.5, 0.6) is 5.75 Å². The molecule has 2 aromatic rings. The van der Waals surface area contributed by atoms with Crippen LogP contribution in [0.25, 0.3) is 0 Å². The molecule has 0 bridgehead atoms. The van der Waals surface area contributed by atoms with Crippen molar-refractivity contribution in [3.8, 4) is 11.8 Å². The monoisotopic (exact) mass is 280 g/mol. The largest absolute Gasteiger partial charge is 0.494 e. The molecule has 1 N–H and O–H groups in total. The second kappa shape index (κ2) is 8.08. The Morgan fingerprint density at radius 2 is 1.95 bits per heavy atom. The van der Waals surface area contributed by atoms with Gasteiger partial charge in [-0.1, -0.05) is 30.3 Å². The second-order valence-corrected chi connectivity index (χ2v) is 4.93. The molecule has 2 rings (SSSR count). The summed E-state index contributed by atoms with van der Waals surface area (Å²) < 4.78 is 5.65. The minimum atomic E-state index is 0.232. The van der Waals surface area contributed by atoms with Crippen molar-refractivity contribution in [2.75, 3.05) is 13.2 Å². The summed E-state index contributed by atoms with van der Waals surface area (Å²) in [5.74, 6) is 0.910. The molecule has 0 aliphatic heterocycles. The number of para-hydroxylation sites is 1. The first-order valence-corrected chi connectivity index (χ1v) is 7.21. The fourth-order valence-electron chi connectivity index (χ4n) is 2.09. The Balaban J connectivity index is 1.69. The summed E-state index contributed by atoms with van der Waals surface area (Å²) in [4.78, 5) is 0. The second-order valence-electron chi connectivity index (χ2n) is 4.93. The Bertz CT molecular complexity index is 590. The summed E-state index contributed by atoms with van der Waals surface area (Å²) in [6, 6.07) is 20.0. The van der Waals surface area contributed by atoms with Gasteiger partial charge in [-0.05, 0) is 49.7 Å². The maximum Gasteiger partial charge on any atom is 0.119 e. The summed E-state index contributed by atoms with van der Waals surface area (Å²) in [5, 5.41) is 12.4. The van der Waals surface area contributed by atoms with Crippen molar-refractivity contribution in [1.82, 2.24) is 5.32 Å². The molecule has 21 heavy (non-hydrogen) atoms. The number of hydrogen-bond donors (Lipinski definition) is 1. The third-order valence-corrected chi connectivity index (χ3v) is 3.30. The Kier molecular flexibility index (Phi) is 5.81. The topological polar surface area (TPSA) is 45.0 Å². The number of rotatable bonds is 7. The van der Waals surface area contributed by atoms with Crippen LogP contribution in [0.4, 0.5) is 0 Å². The van der Waals surface area contributed by atoms with Crippen molar-refractivity contribution in [3.63, 3.8) is 0 Å². The van der Waals surface area contributed by atoms with Gasteiger partial charge in [-0.2, -0.15) is 5.26 Å². The van der Waals surface area contributed by atoms with Crippen LogP contribution < -0.4 is 10.1 Å². The Labute approximate surface area is 126 Å². The molecular formula is C18H20N2O. The maximum atomic E-state index is 8.91. The summed E-state index contributed by atoms with van der Waals surface area (Å²) in [5.41, 5.74) is 1.84. The first-order chi connectivity index (χ1) is 10.3. The highest BCUT2D eigenvalue weighted by molar-refractivity contribution is 5.34. The van der Waals surface area contributed by atoms with Crippen LogP contribution >= 0.6 is 0 Å². The van der Waals surface area contributed by atoms with Gasteiger partial charge < -0.3 is 10.1 Å². The molecule has 0 saturated heterocycles. The van der Waals surface area contributed by atoms with Gasteiger partial charge in [-0.3, -0.25) is 0 Å². The maximum absolute atomic E-state index is 8.91. The smallest absolute Gasteiger partial charge is 0.119 e. The zero-order chi connectivity index (χ0) is 14.9. The Morgan fingerprint density at radius 3 is 2.71 bits per heavy atom. The van der Waals surface area contributed by atoms with Crippen LogP contribution in [0.15, 0.2) is 54.6 Å². The van der Waals surface area contributed by atoms with E-state index in [1.807, 2.05) is 54.6 Å². The average molecular weight is 280 g/mol. The minimum Gasteiger partial charge on any atom is -0.494 e. The normalized spacial score (nSPS) is 11.6. The molecule has 0 amide bonds. The summed E-state index contributed by atoms with van der Waals surface area (Å²) in [6.45, 7) is 3.68. The van der Waals surface area contributed by atoms with Crippen LogP contribution in [0.2, 0.25) is 0 Å². The van der Waals surface area contributed by atoms with E-state index < -0.39 is 0 Å². The first kappa shape index (κ1) is 15.1. The minimum absolute atomic E-state index is 0.232. The molecule has 108 valence electrons. The molecular weight excluding hydrogens is 260 g/mol.